The Morgan fingerprint density at radius 1 is 0.745 bits per heavy atom. The lowest BCUT2D eigenvalue weighted by molar-refractivity contribution is -0.135. The minimum absolute atomic E-state index is 0.110. The summed E-state index contributed by atoms with van der Waals surface area (Å²) in [4.78, 5) is 69.9. The highest BCUT2D eigenvalue weighted by Gasteiger charge is 2.37. The second kappa shape index (κ2) is 16.0. The summed E-state index contributed by atoms with van der Waals surface area (Å²) in [5.74, 6) is 0.999. The molecule has 2 aliphatic rings. The van der Waals surface area contributed by atoms with Crippen molar-refractivity contribution in [2.45, 2.75) is 57.7 Å². The summed E-state index contributed by atoms with van der Waals surface area (Å²) in [5.41, 5.74) is 5.83. The van der Waals surface area contributed by atoms with Gasteiger partial charge < -0.3 is 39.9 Å². The van der Waals surface area contributed by atoms with Crippen LogP contribution in [0.1, 0.15) is 63.3 Å². The molecule has 0 aliphatic carbocycles. The van der Waals surface area contributed by atoms with Crippen LogP contribution in [-0.4, -0.2) is 93.6 Å². The van der Waals surface area contributed by atoms with Crippen LogP contribution in [0.4, 0.5) is 9.59 Å². The number of carbonyl (C=O) groups is 4. The minimum atomic E-state index is -0.693. The van der Waals surface area contributed by atoms with Crippen molar-refractivity contribution in [3.05, 3.63) is 84.7 Å². The number of hydrogen-bond donors (Lipinski definition) is 4. The largest absolute Gasteiger partial charge is 0.453 e. The Hall–Kier alpha value is -6.18. The first kappa shape index (κ1) is 37.1. The molecule has 0 bridgehead atoms. The fraction of sp³-hybridized carbons (Fsp3) is 0.366. The van der Waals surface area contributed by atoms with Gasteiger partial charge in [-0.25, -0.2) is 19.6 Å². The summed E-state index contributed by atoms with van der Waals surface area (Å²) < 4.78 is 9.37. The number of alkyl carbamates (subject to hydrolysis) is 2. The zero-order valence-electron chi connectivity index (χ0n) is 31.4. The van der Waals surface area contributed by atoms with Gasteiger partial charge in [-0.05, 0) is 59.1 Å². The molecule has 0 saturated carbocycles. The summed E-state index contributed by atoms with van der Waals surface area (Å²) in [7, 11) is 2.56. The quantitative estimate of drug-likeness (QED) is 0.128. The number of aromatic amines is 2. The van der Waals surface area contributed by atoms with Gasteiger partial charge in [0.2, 0.25) is 11.8 Å². The minimum Gasteiger partial charge on any atom is -0.453 e. The molecule has 2 aromatic heterocycles. The molecule has 0 spiro atoms. The molecule has 3 aromatic carbocycles. The fourth-order valence-electron chi connectivity index (χ4n) is 7.77. The van der Waals surface area contributed by atoms with Crippen LogP contribution in [0.2, 0.25) is 0 Å². The molecule has 55 heavy (non-hydrogen) atoms. The third-order valence-corrected chi connectivity index (χ3v) is 10.6. The number of nitrogens with one attached hydrogen (secondary N) is 4. The molecule has 286 valence electrons. The zero-order valence-corrected chi connectivity index (χ0v) is 31.4. The smallest absolute Gasteiger partial charge is 0.407 e. The number of carbonyl (C=O) groups excluding carboxylic acids is 4. The molecule has 2 saturated heterocycles. The van der Waals surface area contributed by atoms with Crippen molar-refractivity contribution in [1.82, 2.24) is 40.4 Å². The van der Waals surface area contributed by atoms with E-state index in [0.29, 0.717) is 18.9 Å². The summed E-state index contributed by atoms with van der Waals surface area (Å²) >= 11 is 0. The van der Waals surface area contributed by atoms with E-state index in [1.165, 1.54) is 14.2 Å². The number of hydrogen-bond acceptors (Lipinski definition) is 8. The number of fused-ring (bicyclic) bond motifs is 1. The number of ether oxygens (including phenoxy) is 2. The van der Waals surface area contributed by atoms with E-state index >= 15 is 0 Å². The fourth-order valence-corrected chi connectivity index (χ4v) is 7.77. The summed E-state index contributed by atoms with van der Waals surface area (Å²) in [6.07, 6.45) is 5.60. The molecular weight excluding hydrogens is 701 g/mol. The Morgan fingerprint density at radius 2 is 1.31 bits per heavy atom. The third-order valence-electron chi connectivity index (χ3n) is 10.6. The van der Waals surface area contributed by atoms with Crippen LogP contribution in [0, 0.1) is 5.92 Å². The SMILES string of the molecule is COC(=O)NCC(=O)N1CCC[C@H]1c1ncc(-c2ccc(-c3ccc(-c4cnc([C@@H]5CCCN5C(=O)[C@@H](NC(=O)OC)C(C)C)[nH]4)cc3)c3ccccc23)[nH]1. The van der Waals surface area contributed by atoms with E-state index in [1.54, 1.807) is 11.1 Å². The van der Waals surface area contributed by atoms with Crippen molar-refractivity contribution in [2.75, 3.05) is 33.9 Å². The van der Waals surface area contributed by atoms with E-state index in [-0.39, 0.29) is 36.4 Å². The first-order chi connectivity index (χ1) is 26.7. The first-order valence-electron chi connectivity index (χ1n) is 18.7. The van der Waals surface area contributed by atoms with E-state index in [2.05, 4.69) is 73.9 Å². The number of rotatable bonds is 10. The average Bonchev–Trinajstić information content (AvgIpc) is 4.05. The second-order valence-electron chi connectivity index (χ2n) is 14.3. The number of imidazole rings is 2. The maximum Gasteiger partial charge on any atom is 0.407 e. The Morgan fingerprint density at radius 3 is 1.96 bits per heavy atom. The standard InChI is InChI=1S/C41H46N8O6/c1-24(2)36(47-41(53)55-4)39(51)49-20-8-12-34(49)38-42-21-31(45-38)26-15-13-25(14-16-26)27-17-18-30(29-10-6-5-9-28(27)29)32-22-43-37(46-32)33-11-7-19-48(33)35(50)23-44-40(52)54-3/h5-6,9-10,13-18,21-22,24,33-34,36H,7-8,11-12,19-20,23H2,1-4H3,(H,42,45)(H,43,46)(H,44,52)(H,47,53)/t33-,34-,36-/m0/s1. The first-order valence-corrected chi connectivity index (χ1v) is 18.7. The van der Waals surface area contributed by atoms with Gasteiger partial charge in [-0.1, -0.05) is 74.5 Å². The Balaban J connectivity index is 1.08. The van der Waals surface area contributed by atoms with Crippen LogP contribution >= 0.6 is 0 Å². The molecule has 7 rings (SSSR count). The van der Waals surface area contributed by atoms with E-state index in [9.17, 15) is 19.2 Å². The van der Waals surface area contributed by atoms with Gasteiger partial charge in [0.15, 0.2) is 0 Å². The lowest BCUT2D eigenvalue weighted by atomic mass is 9.93. The van der Waals surface area contributed by atoms with Gasteiger partial charge in [0.25, 0.3) is 0 Å². The molecule has 5 aromatic rings. The van der Waals surface area contributed by atoms with E-state index < -0.39 is 18.2 Å². The van der Waals surface area contributed by atoms with Gasteiger partial charge in [0, 0.05) is 18.7 Å². The lowest BCUT2D eigenvalue weighted by Crippen LogP contribution is -2.51. The molecule has 4 heterocycles. The molecule has 2 fully saturated rings. The van der Waals surface area contributed by atoms with E-state index in [4.69, 9.17) is 14.7 Å². The number of likely N-dealkylation sites (tertiary alicyclic amines) is 2. The van der Waals surface area contributed by atoms with Crippen LogP contribution in [0.25, 0.3) is 44.4 Å². The Kier molecular flexibility index (Phi) is 10.8. The molecular formula is C41H46N8O6. The number of benzene rings is 3. The molecule has 3 atom stereocenters. The summed E-state index contributed by atoms with van der Waals surface area (Å²) in [5, 5.41) is 7.33. The third kappa shape index (κ3) is 7.62. The molecule has 4 N–H and O–H groups in total. The number of nitrogens with zero attached hydrogens (tertiary/aromatic N) is 4. The molecule has 2 aliphatic heterocycles. The maximum absolute atomic E-state index is 13.6. The van der Waals surface area contributed by atoms with Crippen LogP contribution in [-0.2, 0) is 19.1 Å². The normalized spacial score (nSPS) is 17.4. The van der Waals surface area contributed by atoms with E-state index in [1.807, 2.05) is 37.1 Å². The molecule has 4 amide bonds. The van der Waals surface area contributed by atoms with Gasteiger partial charge in [-0.2, -0.15) is 0 Å². The summed E-state index contributed by atoms with van der Waals surface area (Å²) in [6, 6.07) is 19.7. The topological polar surface area (TPSA) is 175 Å². The predicted octanol–water partition coefficient (Wildman–Crippen LogP) is 6.35. The monoisotopic (exact) mass is 746 g/mol. The van der Waals surface area contributed by atoms with E-state index in [0.717, 1.165) is 75.9 Å². The van der Waals surface area contributed by atoms with Crippen molar-refractivity contribution in [3.8, 4) is 33.6 Å². The van der Waals surface area contributed by atoms with Crippen LogP contribution in [0.15, 0.2) is 73.1 Å². The zero-order chi connectivity index (χ0) is 38.6. The predicted molar refractivity (Wildman–Crippen MR) is 206 cm³/mol. The second-order valence-corrected chi connectivity index (χ2v) is 14.3. The number of methoxy groups -OCH3 is 2. The lowest BCUT2D eigenvalue weighted by Gasteiger charge is -2.30. The van der Waals surface area contributed by atoms with Crippen LogP contribution in [0.3, 0.4) is 0 Å². The summed E-state index contributed by atoms with van der Waals surface area (Å²) in [6.45, 7) is 4.85. The highest BCUT2D eigenvalue weighted by Crippen LogP contribution is 2.38. The maximum atomic E-state index is 13.6. The Labute approximate surface area is 319 Å². The molecule has 0 unspecified atom stereocenters. The number of amides is 4. The van der Waals surface area contributed by atoms with Crippen LogP contribution < -0.4 is 10.6 Å². The van der Waals surface area contributed by atoms with Gasteiger partial charge >= 0.3 is 12.2 Å². The van der Waals surface area contributed by atoms with Crippen LogP contribution in [0.5, 0.6) is 0 Å². The van der Waals surface area contributed by atoms with Crippen molar-refractivity contribution in [1.29, 1.82) is 0 Å². The number of aromatic nitrogens is 4. The van der Waals surface area contributed by atoms with Gasteiger partial charge in [0.05, 0.1) is 50.1 Å². The van der Waals surface area contributed by atoms with Gasteiger partial charge in [-0.3, -0.25) is 9.59 Å². The number of H-pyrrole nitrogens is 2. The van der Waals surface area contributed by atoms with Crippen molar-refractivity contribution < 1.29 is 28.7 Å². The molecule has 14 nitrogen and oxygen atoms in total. The highest BCUT2D eigenvalue weighted by atomic mass is 16.5. The van der Waals surface area contributed by atoms with Gasteiger partial charge in [-0.15, -0.1) is 0 Å². The molecule has 14 heteroatoms. The van der Waals surface area contributed by atoms with Gasteiger partial charge in [0.1, 0.15) is 24.2 Å². The van der Waals surface area contributed by atoms with Crippen molar-refractivity contribution in [3.63, 3.8) is 0 Å². The Bertz CT molecular complexity index is 2190. The average molecular weight is 747 g/mol. The van der Waals surface area contributed by atoms with Crippen molar-refractivity contribution >= 4 is 34.8 Å². The molecule has 0 radical (unpaired) electrons. The van der Waals surface area contributed by atoms with Crippen molar-refractivity contribution in [2.24, 2.45) is 5.92 Å². The highest BCUT2D eigenvalue weighted by molar-refractivity contribution is 6.04.